The van der Waals surface area contributed by atoms with Gasteiger partial charge < -0.3 is 24.5 Å². The molecule has 0 spiro atoms. The molecule has 3 aromatic rings. The highest BCUT2D eigenvalue weighted by Crippen LogP contribution is 2.38. The lowest BCUT2D eigenvalue weighted by Crippen LogP contribution is -2.54. The average Bonchev–Trinajstić information content (AvgIpc) is 3.00. The quantitative estimate of drug-likeness (QED) is 0.604. The predicted molar refractivity (Wildman–Crippen MR) is 132 cm³/mol. The minimum atomic E-state index is 0.0428. The van der Waals surface area contributed by atoms with Crippen molar-refractivity contribution in [2.75, 3.05) is 26.2 Å². The SMILES string of the molecule is BC(=O)c1ccc(OC[C@H]2CN(C3=Nc4ccccc4Oc4ccc(Cl)cc43)CCN2)cc1. The largest absolute Gasteiger partial charge is 0.492 e. The van der Waals surface area contributed by atoms with Crippen molar-refractivity contribution in [1.29, 1.82) is 0 Å². The van der Waals surface area contributed by atoms with E-state index in [0.717, 1.165) is 54.0 Å². The van der Waals surface area contributed by atoms with Gasteiger partial charge >= 0.3 is 0 Å². The zero-order valence-corrected chi connectivity index (χ0v) is 19.0. The Labute approximate surface area is 198 Å². The Hall–Kier alpha value is -3.29. The second kappa shape index (κ2) is 9.29. The van der Waals surface area contributed by atoms with Crippen LogP contribution in [0.1, 0.15) is 15.9 Å². The third-order valence-electron chi connectivity index (χ3n) is 5.76. The second-order valence-corrected chi connectivity index (χ2v) is 8.57. The van der Waals surface area contributed by atoms with Crippen molar-refractivity contribution in [2.24, 2.45) is 4.99 Å². The summed E-state index contributed by atoms with van der Waals surface area (Å²) in [5.74, 6) is 3.04. The summed E-state index contributed by atoms with van der Waals surface area (Å²) in [4.78, 5) is 18.7. The van der Waals surface area contributed by atoms with Crippen molar-refractivity contribution in [3.63, 3.8) is 0 Å². The number of hydrogen-bond donors (Lipinski definition) is 1. The maximum Gasteiger partial charge on any atom is 0.193 e. The first-order chi connectivity index (χ1) is 16.1. The van der Waals surface area contributed by atoms with E-state index >= 15 is 0 Å². The van der Waals surface area contributed by atoms with E-state index in [-0.39, 0.29) is 11.7 Å². The monoisotopic (exact) mass is 459 g/mol. The number of benzene rings is 3. The van der Waals surface area contributed by atoms with Gasteiger partial charge in [0.05, 0.1) is 11.6 Å². The van der Waals surface area contributed by atoms with Gasteiger partial charge in [0.2, 0.25) is 0 Å². The van der Waals surface area contributed by atoms with Gasteiger partial charge in [-0.15, -0.1) is 0 Å². The molecule has 1 fully saturated rings. The van der Waals surface area contributed by atoms with Crippen LogP contribution >= 0.6 is 11.6 Å². The average molecular weight is 460 g/mol. The molecule has 0 saturated carbocycles. The molecule has 6 nitrogen and oxygen atoms in total. The van der Waals surface area contributed by atoms with Gasteiger partial charge in [0.15, 0.2) is 13.6 Å². The maximum absolute atomic E-state index is 11.5. The van der Waals surface area contributed by atoms with E-state index in [4.69, 9.17) is 26.1 Å². The summed E-state index contributed by atoms with van der Waals surface area (Å²) < 4.78 is 12.2. The third-order valence-corrected chi connectivity index (χ3v) is 6.00. The highest BCUT2D eigenvalue weighted by atomic mass is 35.5. The molecule has 1 atom stereocenters. The van der Waals surface area contributed by atoms with E-state index < -0.39 is 0 Å². The summed E-state index contributed by atoms with van der Waals surface area (Å²) >= 11 is 6.34. The number of amidine groups is 1. The molecule has 0 unspecified atom stereocenters. The molecule has 33 heavy (non-hydrogen) atoms. The number of aliphatic imine (C=N–C) groups is 1. The van der Waals surface area contributed by atoms with Crippen LogP contribution in [-0.2, 0) is 0 Å². The van der Waals surface area contributed by atoms with E-state index in [1.165, 1.54) is 0 Å². The minimum absolute atomic E-state index is 0.0428. The molecule has 2 heterocycles. The number of nitrogens with one attached hydrogen (secondary N) is 1. The number of fused-ring (bicyclic) bond motifs is 2. The zero-order valence-electron chi connectivity index (χ0n) is 18.3. The maximum atomic E-state index is 11.5. The Morgan fingerprint density at radius 3 is 2.79 bits per heavy atom. The fourth-order valence-corrected chi connectivity index (χ4v) is 4.22. The highest BCUT2D eigenvalue weighted by Gasteiger charge is 2.27. The predicted octanol–water partition coefficient (Wildman–Crippen LogP) is 3.65. The Bertz CT molecular complexity index is 1220. The van der Waals surface area contributed by atoms with Gasteiger partial charge in [0.1, 0.15) is 35.3 Å². The molecule has 5 rings (SSSR count). The van der Waals surface area contributed by atoms with Crippen LogP contribution in [0.15, 0.2) is 71.7 Å². The van der Waals surface area contributed by atoms with Crippen molar-refractivity contribution in [3.05, 3.63) is 82.9 Å². The van der Waals surface area contributed by atoms with Crippen molar-refractivity contribution in [1.82, 2.24) is 10.2 Å². The summed E-state index contributed by atoms with van der Waals surface area (Å²) in [5, 5.41) is 4.16. The van der Waals surface area contributed by atoms with Crippen molar-refractivity contribution in [3.8, 4) is 17.2 Å². The first kappa shape index (κ1) is 21.6. The Morgan fingerprint density at radius 2 is 1.97 bits per heavy atom. The lowest BCUT2D eigenvalue weighted by Gasteiger charge is -2.35. The normalized spacial score (nSPS) is 17.2. The number of nitrogens with zero attached hydrogens (tertiary/aromatic N) is 2. The van der Waals surface area contributed by atoms with E-state index in [1.807, 2.05) is 54.6 Å². The molecule has 2 aliphatic heterocycles. The molecule has 0 aliphatic carbocycles. The van der Waals surface area contributed by atoms with Gasteiger partial charge in [-0.1, -0.05) is 23.7 Å². The fourth-order valence-electron chi connectivity index (χ4n) is 4.05. The van der Waals surface area contributed by atoms with Crippen molar-refractivity contribution < 1.29 is 14.3 Å². The van der Waals surface area contributed by atoms with Gasteiger partial charge in [0, 0.05) is 30.2 Å². The molecule has 1 N–H and O–H groups in total. The molecule has 8 heteroatoms. The molecule has 3 aromatic carbocycles. The topological polar surface area (TPSA) is 63.2 Å². The number of carbonyl (C=O) groups excluding carboxylic acids is 1. The number of halogens is 1. The van der Waals surface area contributed by atoms with Crippen molar-refractivity contribution in [2.45, 2.75) is 6.04 Å². The summed E-state index contributed by atoms with van der Waals surface area (Å²) in [6, 6.07) is 20.8. The molecule has 0 bridgehead atoms. The molecule has 2 aliphatic rings. The van der Waals surface area contributed by atoms with Crippen LogP contribution in [0.2, 0.25) is 5.02 Å². The highest BCUT2D eigenvalue weighted by molar-refractivity contribution is 6.62. The number of carbonyl (C=O) groups is 1. The van der Waals surface area contributed by atoms with E-state index in [2.05, 4.69) is 10.2 Å². The molecular weight excluding hydrogens is 437 g/mol. The molecule has 0 aromatic heterocycles. The van der Waals surface area contributed by atoms with Crippen LogP contribution in [0.5, 0.6) is 17.2 Å². The van der Waals surface area contributed by atoms with Gasteiger partial charge in [-0.05, 0) is 54.6 Å². The number of rotatable bonds is 4. The second-order valence-electron chi connectivity index (χ2n) is 8.13. The minimum Gasteiger partial charge on any atom is -0.492 e. The summed E-state index contributed by atoms with van der Waals surface area (Å²) in [6.45, 7) is 2.82. The summed E-state index contributed by atoms with van der Waals surface area (Å²) in [5.41, 5.74) is 2.38. The number of piperazine rings is 1. The molecule has 166 valence electrons. The van der Waals surface area contributed by atoms with Crippen LogP contribution in [0.4, 0.5) is 5.69 Å². The lowest BCUT2D eigenvalue weighted by atomic mass is 9.95. The molecule has 1 saturated heterocycles. The van der Waals surface area contributed by atoms with Crippen LogP contribution < -0.4 is 14.8 Å². The number of ether oxygens (including phenoxy) is 2. The van der Waals surface area contributed by atoms with E-state index in [0.29, 0.717) is 17.2 Å². The lowest BCUT2D eigenvalue weighted by molar-refractivity contribution is 0.108. The van der Waals surface area contributed by atoms with E-state index in [9.17, 15) is 4.79 Å². The smallest absolute Gasteiger partial charge is 0.193 e. The molecule has 0 amide bonds. The Kier molecular flexibility index (Phi) is 6.07. The van der Waals surface area contributed by atoms with Crippen LogP contribution in [-0.4, -0.2) is 56.5 Å². The van der Waals surface area contributed by atoms with E-state index in [1.54, 1.807) is 20.0 Å². The Morgan fingerprint density at radius 1 is 1.15 bits per heavy atom. The first-order valence-electron chi connectivity index (χ1n) is 10.9. The molecular formula is C25H23BClN3O3. The number of hydrogen-bond acceptors (Lipinski definition) is 6. The van der Waals surface area contributed by atoms with Gasteiger partial charge in [0.25, 0.3) is 0 Å². The number of para-hydroxylation sites is 2. The first-order valence-corrected chi connectivity index (χ1v) is 11.3. The van der Waals surface area contributed by atoms with Gasteiger partial charge in [-0.25, -0.2) is 4.99 Å². The van der Waals surface area contributed by atoms with Gasteiger partial charge in [-0.2, -0.15) is 0 Å². The van der Waals surface area contributed by atoms with Crippen LogP contribution in [0.25, 0.3) is 0 Å². The summed E-state index contributed by atoms with van der Waals surface area (Å²) in [6.07, 6.45) is 0. The molecule has 0 radical (unpaired) electrons. The third kappa shape index (κ3) is 4.75. The van der Waals surface area contributed by atoms with Crippen LogP contribution in [0.3, 0.4) is 0 Å². The van der Waals surface area contributed by atoms with Gasteiger partial charge in [-0.3, -0.25) is 0 Å². The van der Waals surface area contributed by atoms with Crippen molar-refractivity contribution >= 4 is 36.7 Å². The standard InChI is InChI=1S/C25H23BClN3O3/c26-24(31)16-5-8-19(9-6-16)32-15-18-14-30(12-11-28-18)25-20-13-17(27)7-10-22(20)33-23-4-2-1-3-21(23)29-25/h1-10,13,18,28H,11-12,14-15,26H2/t18-/m1/s1. The fraction of sp³-hybridized carbons (Fsp3) is 0.200. The Balaban J connectivity index is 1.36. The summed E-state index contributed by atoms with van der Waals surface area (Å²) in [7, 11) is 1.56. The van der Waals surface area contributed by atoms with Crippen LogP contribution in [0, 0.1) is 0 Å². The zero-order chi connectivity index (χ0) is 22.8.